The zero-order valence-electron chi connectivity index (χ0n) is 18.6. The molecule has 0 spiro atoms. The summed E-state index contributed by atoms with van der Waals surface area (Å²) < 4.78 is 39.1. The predicted molar refractivity (Wildman–Crippen MR) is 125 cm³/mol. The number of likely N-dealkylation sites (tertiary alicyclic amines) is 1. The van der Waals surface area contributed by atoms with Gasteiger partial charge in [0.15, 0.2) is 0 Å². The van der Waals surface area contributed by atoms with E-state index >= 15 is 0 Å². The number of hydrogen-bond donors (Lipinski definition) is 1. The number of nitrogens with zero attached hydrogens (tertiary/aromatic N) is 1. The Bertz CT molecular complexity index is 1120. The molecule has 1 saturated heterocycles. The lowest BCUT2D eigenvalue weighted by Gasteiger charge is -2.28. The van der Waals surface area contributed by atoms with Gasteiger partial charge in [-0.2, -0.15) is 13.2 Å². The van der Waals surface area contributed by atoms with Gasteiger partial charge in [0.2, 0.25) is 0 Å². The van der Waals surface area contributed by atoms with Crippen LogP contribution in [0.3, 0.4) is 0 Å². The maximum absolute atomic E-state index is 13.0. The number of aryl methyl sites for hydroxylation is 1. The van der Waals surface area contributed by atoms with Gasteiger partial charge in [-0.25, -0.2) is 0 Å². The molecule has 33 heavy (non-hydrogen) atoms. The Kier molecular flexibility index (Phi) is 6.84. The molecule has 1 N–H and O–H groups in total. The average Bonchev–Trinajstić information content (AvgIpc) is 2.80. The quantitative estimate of drug-likeness (QED) is 0.456. The zero-order valence-corrected chi connectivity index (χ0v) is 18.6. The van der Waals surface area contributed by atoms with Gasteiger partial charge in [0, 0.05) is 17.8 Å². The Hall–Kier alpha value is -3.12. The zero-order chi connectivity index (χ0) is 23.4. The Morgan fingerprint density at radius 3 is 2.36 bits per heavy atom. The van der Waals surface area contributed by atoms with Crippen LogP contribution in [-0.2, 0) is 12.7 Å². The highest BCUT2D eigenvalue weighted by Crippen LogP contribution is 2.32. The molecule has 0 saturated carbocycles. The first-order chi connectivity index (χ1) is 15.8. The summed E-state index contributed by atoms with van der Waals surface area (Å²) >= 11 is 0. The number of alkyl halides is 3. The van der Waals surface area contributed by atoms with E-state index in [1.54, 1.807) is 0 Å². The molecule has 0 aliphatic carbocycles. The fraction of sp³-hybridized carbons (Fsp3) is 0.296. The predicted octanol–water partition coefficient (Wildman–Crippen LogP) is 6.92. The number of nitrogens with one attached hydrogen (secondary N) is 1. The third-order valence-electron chi connectivity index (χ3n) is 6.03. The number of benzene rings is 3. The lowest BCUT2D eigenvalue weighted by molar-refractivity contribution is -0.137. The Balaban J connectivity index is 1.66. The van der Waals surface area contributed by atoms with Gasteiger partial charge in [0.1, 0.15) is 0 Å². The number of halogens is 3. The first kappa shape index (κ1) is 23.1. The fourth-order valence-electron chi connectivity index (χ4n) is 4.47. The normalized spacial score (nSPS) is 14.8. The van der Waals surface area contributed by atoms with Crippen molar-refractivity contribution in [1.29, 1.82) is 0 Å². The van der Waals surface area contributed by atoms with Crippen molar-refractivity contribution in [2.75, 3.05) is 18.4 Å². The summed E-state index contributed by atoms with van der Waals surface area (Å²) in [6, 6.07) is 18.5. The van der Waals surface area contributed by atoms with Crippen molar-refractivity contribution in [3.05, 3.63) is 89.0 Å². The van der Waals surface area contributed by atoms with Gasteiger partial charge in [0.05, 0.1) is 5.56 Å². The van der Waals surface area contributed by atoms with Crippen LogP contribution in [0.1, 0.15) is 46.3 Å². The van der Waals surface area contributed by atoms with Gasteiger partial charge in [-0.15, -0.1) is 0 Å². The lowest BCUT2D eigenvalue weighted by Crippen LogP contribution is -2.29. The van der Waals surface area contributed by atoms with E-state index in [-0.39, 0.29) is 5.69 Å². The molecule has 1 heterocycles. The molecular weight excluding hydrogens is 425 g/mol. The third-order valence-corrected chi connectivity index (χ3v) is 6.03. The van der Waals surface area contributed by atoms with Crippen LogP contribution in [0.4, 0.5) is 18.9 Å². The van der Waals surface area contributed by atoms with Crippen molar-refractivity contribution in [1.82, 2.24) is 4.90 Å². The molecule has 0 unspecified atom stereocenters. The van der Waals surface area contributed by atoms with Crippen LogP contribution in [0.25, 0.3) is 11.1 Å². The number of carbonyl (C=O) groups excluding carboxylic acids is 1. The minimum absolute atomic E-state index is 0.122. The Labute approximate surface area is 192 Å². The molecular formula is C27H27F3N2O. The van der Waals surface area contributed by atoms with E-state index in [1.807, 2.05) is 37.3 Å². The first-order valence-electron chi connectivity index (χ1n) is 11.2. The standard InChI is InChI=1S/C27H27F3N2O/c1-19-15-21(26(33)31-24-12-8-11-23(17-24)27(28,29)30)16-22(18-32-13-6-3-7-14-32)25(19)20-9-4-2-5-10-20/h2,4-5,8-12,15-17H,3,6-7,13-14,18H2,1H3,(H,31,33). The maximum Gasteiger partial charge on any atom is 0.416 e. The molecule has 1 amide bonds. The summed E-state index contributed by atoms with van der Waals surface area (Å²) in [7, 11) is 0. The molecule has 0 aromatic heterocycles. The van der Waals surface area contributed by atoms with E-state index in [9.17, 15) is 18.0 Å². The van der Waals surface area contributed by atoms with Crippen LogP contribution in [-0.4, -0.2) is 23.9 Å². The van der Waals surface area contributed by atoms with Crippen molar-refractivity contribution in [3.63, 3.8) is 0 Å². The summed E-state index contributed by atoms with van der Waals surface area (Å²) in [5, 5.41) is 2.64. The van der Waals surface area contributed by atoms with Gasteiger partial charge < -0.3 is 5.32 Å². The average molecular weight is 453 g/mol. The van der Waals surface area contributed by atoms with Crippen LogP contribution < -0.4 is 5.32 Å². The summed E-state index contributed by atoms with van der Waals surface area (Å²) in [5.41, 5.74) is 3.99. The highest BCUT2D eigenvalue weighted by molar-refractivity contribution is 6.05. The maximum atomic E-state index is 13.0. The van der Waals surface area contributed by atoms with E-state index in [2.05, 4.69) is 22.3 Å². The fourth-order valence-corrected chi connectivity index (χ4v) is 4.47. The van der Waals surface area contributed by atoms with Crippen LogP contribution in [0.15, 0.2) is 66.7 Å². The van der Waals surface area contributed by atoms with Crippen LogP contribution in [0.5, 0.6) is 0 Å². The number of amides is 1. The second-order valence-corrected chi connectivity index (χ2v) is 8.56. The molecule has 3 nitrogen and oxygen atoms in total. The molecule has 4 rings (SSSR count). The number of anilines is 1. The van der Waals surface area contributed by atoms with Crippen molar-refractivity contribution in [3.8, 4) is 11.1 Å². The molecule has 0 radical (unpaired) electrons. The molecule has 0 bridgehead atoms. The van der Waals surface area contributed by atoms with E-state index in [0.717, 1.165) is 66.9 Å². The first-order valence-corrected chi connectivity index (χ1v) is 11.2. The second-order valence-electron chi connectivity index (χ2n) is 8.56. The number of piperidine rings is 1. The minimum atomic E-state index is -4.46. The molecule has 1 aliphatic rings. The molecule has 3 aromatic carbocycles. The van der Waals surface area contributed by atoms with E-state index < -0.39 is 17.6 Å². The van der Waals surface area contributed by atoms with Crippen molar-refractivity contribution >= 4 is 11.6 Å². The highest BCUT2D eigenvalue weighted by atomic mass is 19.4. The largest absolute Gasteiger partial charge is 0.416 e. The minimum Gasteiger partial charge on any atom is -0.322 e. The van der Waals surface area contributed by atoms with Crippen LogP contribution in [0.2, 0.25) is 0 Å². The second kappa shape index (κ2) is 9.79. The van der Waals surface area contributed by atoms with Gasteiger partial charge in [0.25, 0.3) is 5.91 Å². The van der Waals surface area contributed by atoms with Crippen molar-refractivity contribution in [2.24, 2.45) is 0 Å². The van der Waals surface area contributed by atoms with E-state index in [0.29, 0.717) is 5.56 Å². The lowest BCUT2D eigenvalue weighted by atomic mass is 9.92. The number of carbonyl (C=O) groups is 1. The van der Waals surface area contributed by atoms with Crippen LogP contribution >= 0.6 is 0 Å². The monoisotopic (exact) mass is 452 g/mol. The summed E-state index contributed by atoms with van der Waals surface area (Å²) in [6.45, 7) is 4.75. The topological polar surface area (TPSA) is 32.3 Å². The van der Waals surface area contributed by atoms with Gasteiger partial charge in [-0.3, -0.25) is 9.69 Å². The SMILES string of the molecule is Cc1cc(C(=O)Nc2cccc(C(F)(F)F)c2)cc(CN2CCCCC2)c1-c1ccccc1. The van der Waals surface area contributed by atoms with E-state index in [4.69, 9.17) is 0 Å². The molecule has 1 aliphatic heterocycles. The van der Waals surface area contributed by atoms with Gasteiger partial charge in [-0.1, -0.05) is 42.8 Å². The summed E-state index contributed by atoms with van der Waals surface area (Å²) in [4.78, 5) is 15.4. The highest BCUT2D eigenvalue weighted by Gasteiger charge is 2.30. The van der Waals surface area contributed by atoms with Crippen molar-refractivity contribution in [2.45, 2.75) is 38.9 Å². The number of hydrogen-bond acceptors (Lipinski definition) is 2. The van der Waals surface area contributed by atoms with Crippen molar-refractivity contribution < 1.29 is 18.0 Å². The summed E-state index contributed by atoms with van der Waals surface area (Å²) in [5.74, 6) is -0.420. The van der Waals surface area contributed by atoms with E-state index in [1.165, 1.54) is 18.6 Å². The van der Waals surface area contributed by atoms with Crippen LogP contribution in [0, 0.1) is 6.92 Å². The Morgan fingerprint density at radius 2 is 1.67 bits per heavy atom. The Morgan fingerprint density at radius 1 is 0.939 bits per heavy atom. The molecule has 172 valence electrons. The molecule has 1 fully saturated rings. The van der Waals surface area contributed by atoms with Gasteiger partial charge in [-0.05, 0) is 85.4 Å². The molecule has 6 heteroatoms. The van der Waals surface area contributed by atoms with Gasteiger partial charge >= 0.3 is 6.18 Å². The molecule has 3 aromatic rings. The molecule has 0 atom stereocenters. The smallest absolute Gasteiger partial charge is 0.322 e. The third kappa shape index (κ3) is 5.63. The number of rotatable bonds is 5. The summed E-state index contributed by atoms with van der Waals surface area (Å²) in [6.07, 6.45) is -0.901.